The lowest BCUT2D eigenvalue weighted by Gasteiger charge is -2.26. The lowest BCUT2D eigenvalue weighted by atomic mass is 9.90. The van der Waals surface area contributed by atoms with Crippen LogP contribution in [-0.2, 0) is 14.3 Å². The first-order valence-electron chi connectivity index (χ1n) is 4.61. The molecule has 0 aromatic carbocycles. The second-order valence-electron chi connectivity index (χ2n) is 4.35. The molecule has 0 radical (unpaired) electrons. The molecule has 0 aliphatic rings. The van der Waals surface area contributed by atoms with Crippen LogP contribution in [0.3, 0.4) is 0 Å². The van der Waals surface area contributed by atoms with E-state index in [0.29, 0.717) is 0 Å². The van der Waals surface area contributed by atoms with Gasteiger partial charge in [-0.05, 0) is 23.9 Å². The van der Waals surface area contributed by atoms with Gasteiger partial charge in [0.1, 0.15) is 6.10 Å². The average Bonchev–Trinajstić information content (AvgIpc) is 1.99. The van der Waals surface area contributed by atoms with Crippen LogP contribution < -0.4 is 0 Å². The molecule has 0 rings (SSSR count). The van der Waals surface area contributed by atoms with Crippen LogP contribution in [0.15, 0.2) is 0 Å². The van der Waals surface area contributed by atoms with Gasteiger partial charge in [-0.2, -0.15) is 0 Å². The first-order chi connectivity index (χ1) is 6.23. The van der Waals surface area contributed by atoms with Crippen molar-refractivity contribution in [2.75, 3.05) is 0 Å². The Bertz CT molecular complexity index is 218. The van der Waals surface area contributed by atoms with Gasteiger partial charge in [-0.25, -0.2) is 0 Å². The molecule has 0 N–H and O–H groups in total. The van der Waals surface area contributed by atoms with Gasteiger partial charge >= 0.3 is 5.97 Å². The van der Waals surface area contributed by atoms with Crippen molar-refractivity contribution in [2.45, 2.75) is 46.6 Å². The molecule has 0 spiro atoms. The third-order valence-electron chi connectivity index (χ3n) is 2.05. The molecule has 1 atom stereocenters. The lowest BCUT2D eigenvalue weighted by molar-refractivity contribution is -0.153. The van der Waals surface area contributed by atoms with Crippen LogP contribution in [0.5, 0.6) is 0 Å². The molecule has 1 unspecified atom stereocenters. The number of halogens is 1. The third-order valence-corrected chi connectivity index (χ3v) is 2.24. The maximum Gasteiger partial charge on any atom is 0.306 e. The topological polar surface area (TPSA) is 43.4 Å². The first kappa shape index (κ1) is 13.4. The van der Waals surface area contributed by atoms with Gasteiger partial charge in [0.15, 0.2) is 0 Å². The van der Waals surface area contributed by atoms with Crippen molar-refractivity contribution in [1.82, 2.24) is 0 Å². The Morgan fingerprint density at radius 1 is 1.29 bits per heavy atom. The fourth-order valence-electron chi connectivity index (χ4n) is 0.633. The molecule has 0 amide bonds. The first-order valence-corrected chi connectivity index (χ1v) is 4.99. The van der Waals surface area contributed by atoms with E-state index in [9.17, 15) is 9.59 Å². The molecule has 0 saturated carbocycles. The standard InChI is InChI=1S/C10H17ClO3/c1-7(10(2,3)4)14-9(13)6-5-8(11)12/h7H,5-6H2,1-4H3. The van der Waals surface area contributed by atoms with Gasteiger partial charge in [0.05, 0.1) is 6.42 Å². The van der Waals surface area contributed by atoms with Crippen molar-refractivity contribution < 1.29 is 14.3 Å². The van der Waals surface area contributed by atoms with Crippen LogP contribution in [-0.4, -0.2) is 17.3 Å². The zero-order valence-electron chi connectivity index (χ0n) is 9.09. The van der Waals surface area contributed by atoms with Gasteiger partial charge in [0, 0.05) is 6.42 Å². The zero-order valence-corrected chi connectivity index (χ0v) is 9.85. The zero-order chi connectivity index (χ0) is 11.4. The van der Waals surface area contributed by atoms with Crippen molar-refractivity contribution in [3.05, 3.63) is 0 Å². The smallest absolute Gasteiger partial charge is 0.306 e. The monoisotopic (exact) mass is 220 g/mol. The Kier molecular flexibility index (Phi) is 5.13. The molecule has 0 heterocycles. The molecule has 0 saturated heterocycles. The quantitative estimate of drug-likeness (QED) is 0.540. The Morgan fingerprint density at radius 3 is 2.14 bits per heavy atom. The summed E-state index contributed by atoms with van der Waals surface area (Å²) in [5.74, 6) is -0.374. The Hall–Kier alpha value is -0.570. The van der Waals surface area contributed by atoms with E-state index in [0.717, 1.165) is 0 Å². The molecule has 82 valence electrons. The fourth-order valence-corrected chi connectivity index (χ4v) is 0.728. The van der Waals surface area contributed by atoms with Crippen LogP contribution in [0.2, 0.25) is 0 Å². The van der Waals surface area contributed by atoms with Crippen LogP contribution in [0.1, 0.15) is 40.5 Å². The fraction of sp³-hybridized carbons (Fsp3) is 0.800. The Labute approximate surface area is 89.8 Å². The van der Waals surface area contributed by atoms with Crippen LogP contribution in [0, 0.1) is 5.41 Å². The molecule has 0 aromatic heterocycles. The highest BCUT2D eigenvalue weighted by atomic mass is 35.5. The van der Waals surface area contributed by atoms with Gasteiger partial charge in [0.25, 0.3) is 0 Å². The van der Waals surface area contributed by atoms with E-state index in [-0.39, 0.29) is 30.3 Å². The summed E-state index contributed by atoms with van der Waals surface area (Å²) in [4.78, 5) is 21.6. The van der Waals surface area contributed by atoms with Crippen LogP contribution in [0.25, 0.3) is 0 Å². The Balaban J connectivity index is 3.89. The molecule has 3 nitrogen and oxygen atoms in total. The lowest BCUT2D eigenvalue weighted by Crippen LogP contribution is -2.28. The number of carbonyl (C=O) groups excluding carboxylic acids is 2. The molecule has 14 heavy (non-hydrogen) atoms. The Morgan fingerprint density at radius 2 is 1.79 bits per heavy atom. The molecule has 0 aromatic rings. The summed E-state index contributed by atoms with van der Waals surface area (Å²) in [6, 6.07) is 0. The van der Waals surface area contributed by atoms with E-state index in [1.54, 1.807) is 0 Å². The highest BCUT2D eigenvalue weighted by molar-refractivity contribution is 6.63. The maximum atomic E-state index is 11.2. The third kappa shape index (κ3) is 5.97. The highest BCUT2D eigenvalue weighted by Crippen LogP contribution is 2.22. The maximum absolute atomic E-state index is 11.2. The van der Waals surface area contributed by atoms with Gasteiger partial charge in [0.2, 0.25) is 5.24 Å². The number of hydrogen-bond acceptors (Lipinski definition) is 3. The molecule has 0 aliphatic carbocycles. The molecular weight excluding hydrogens is 204 g/mol. The van der Waals surface area contributed by atoms with Gasteiger partial charge in [-0.15, -0.1) is 0 Å². The summed E-state index contributed by atoms with van der Waals surface area (Å²) < 4.78 is 5.12. The highest BCUT2D eigenvalue weighted by Gasteiger charge is 2.23. The predicted octanol–water partition coefficient (Wildman–Crippen LogP) is 2.51. The second-order valence-corrected chi connectivity index (χ2v) is 4.77. The van der Waals surface area contributed by atoms with E-state index in [2.05, 4.69) is 0 Å². The van der Waals surface area contributed by atoms with Gasteiger partial charge in [-0.1, -0.05) is 20.8 Å². The van der Waals surface area contributed by atoms with Crippen LogP contribution >= 0.6 is 11.6 Å². The van der Waals surface area contributed by atoms with E-state index in [4.69, 9.17) is 16.3 Å². The number of hydrogen-bond donors (Lipinski definition) is 0. The van der Waals surface area contributed by atoms with Crippen molar-refractivity contribution in [3.63, 3.8) is 0 Å². The SMILES string of the molecule is CC(OC(=O)CCC(=O)Cl)C(C)(C)C. The molecular formula is C10H17ClO3. The molecule has 0 aliphatic heterocycles. The number of esters is 1. The second kappa shape index (κ2) is 5.35. The summed E-state index contributed by atoms with van der Waals surface area (Å²) in [5, 5.41) is -0.509. The van der Waals surface area contributed by atoms with Crippen molar-refractivity contribution in [3.8, 4) is 0 Å². The van der Waals surface area contributed by atoms with E-state index >= 15 is 0 Å². The van der Waals surface area contributed by atoms with E-state index < -0.39 is 5.24 Å². The predicted molar refractivity (Wildman–Crippen MR) is 55.1 cm³/mol. The van der Waals surface area contributed by atoms with Crippen molar-refractivity contribution in [1.29, 1.82) is 0 Å². The largest absolute Gasteiger partial charge is 0.462 e. The van der Waals surface area contributed by atoms with Crippen molar-refractivity contribution >= 4 is 22.8 Å². The molecule has 0 fully saturated rings. The number of carbonyl (C=O) groups is 2. The normalized spacial score (nSPS) is 13.5. The minimum Gasteiger partial charge on any atom is -0.462 e. The summed E-state index contributed by atoms with van der Waals surface area (Å²) >= 11 is 5.10. The number of ether oxygens (including phenoxy) is 1. The summed E-state index contributed by atoms with van der Waals surface area (Å²) in [5.41, 5.74) is -0.0827. The number of rotatable bonds is 4. The molecule has 4 heteroatoms. The minimum absolute atomic E-state index is 0.0389. The van der Waals surface area contributed by atoms with Gasteiger partial charge < -0.3 is 4.74 Å². The molecule has 0 bridgehead atoms. The summed E-state index contributed by atoms with van der Waals surface area (Å²) in [6.45, 7) is 7.79. The summed E-state index contributed by atoms with van der Waals surface area (Å²) in [7, 11) is 0. The van der Waals surface area contributed by atoms with Gasteiger partial charge in [-0.3, -0.25) is 9.59 Å². The van der Waals surface area contributed by atoms with E-state index in [1.165, 1.54) is 0 Å². The van der Waals surface area contributed by atoms with Crippen LogP contribution in [0.4, 0.5) is 0 Å². The minimum atomic E-state index is -0.509. The van der Waals surface area contributed by atoms with Crippen molar-refractivity contribution in [2.24, 2.45) is 5.41 Å². The average molecular weight is 221 g/mol. The van der Waals surface area contributed by atoms with E-state index in [1.807, 2.05) is 27.7 Å². The summed E-state index contributed by atoms with van der Waals surface area (Å²) in [6.07, 6.45) is -0.0690.